The average Bonchev–Trinajstić information content (AvgIpc) is 2.25. The minimum atomic E-state index is -0.567. The van der Waals surface area contributed by atoms with Crippen LogP contribution in [0.25, 0.3) is 0 Å². The molecule has 2 N–H and O–H groups in total. The molecule has 0 heterocycles. The van der Waals surface area contributed by atoms with Crippen molar-refractivity contribution in [2.24, 2.45) is 5.73 Å². The fourth-order valence-corrected chi connectivity index (χ4v) is 1.10. The van der Waals surface area contributed by atoms with Crippen molar-refractivity contribution in [1.82, 2.24) is 0 Å². The maximum absolute atomic E-state index is 10.7. The van der Waals surface area contributed by atoms with Gasteiger partial charge in [0.25, 0.3) is 0 Å². The minimum Gasteiger partial charge on any atom is -0.376 e. The molecule has 0 aromatic carbocycles. The normalized spacial score (nSPS) is 13.6. The maximum atomic E-state index is 10.7. The van der Waals surface area contributed by atoms with Gasteiger partial charge in [-0.05, 0) is 27.2 Å². The molecule has 0 spiro atoms. The highest BCUT2D eigenvalue weighted by molar-refractivity contribution is 5.78. The Hall–Kier alpha value is -0.650. The van der Waals surface area contributed by atoms with E-state index in [4.69, 9.17) is 19.9 Å². The van der Waals surface area contributed by atoms with Crippen molar-refractivity contribution >= 4 is 5.91 Å². The summed E-state index contributed by atoms with van der Waals surface area (Å²) in [5.41, 5.74) is 4.76. The standard InChI is InChI=1S/C12H25NO4/c1-5-6-17-12(3,4)9-15-7-8-16-10(2)11(13)14/h10H,5-9H2,1-4H3,(H2,13,14). The highest BCUT2D eigenvalue weighted by Crippen LogP contribution is 2.09. The molecule has 0 aromatic rings. The zero-order valence-corrected chi connectivity index (χ0v) is 11.3. The lowest BCUT2D eigenvalue weighted by Crippen LogP contribution is -2.33. The van der Waals surface area contributed by atoms with Crippen molar-refractivity contribution in [3.05, 3.63) is 0 Å². The Labute approximate surface area is 104 Å². The molecule has 1 atom stereocenters. The quantitative estimate of drug-likeness (QED) is 0.587. The number of ether oxygens (including phenoxy) is 3. The molecule has 17 heavy (non-hydrogen) atoms. The van der Waals surface area contributed by atoms with Crippen molar-refractivity contribution in [2.75, 3.05) is 26.4 Å². The van der Waals surface area contributed by atoms with Gasteiger partial charge in [0.1, 0.15) is 6.10 Å². The number of nitrogens with two attached hydrogens (primary N) is 1. The first-order valence-electron chi connectivity index (χ1n) is 6.01. The molecule has 0 fully saturated rings. The maximum Gasteiger partial charge on any atom is 0.246 e. The molecule has 102 valence electrons. The molecule has 0 saturated carbocycles. The van der Waals surface area contributed by atoms with Crippen LogP contribution in [0.2, 0.25) is 0 Å². The first-order valence-corrected chi connectivity index (χ1v) is 6.01. The zero-order valence-electron chi connectivity index (χ0n) is 11.3. The third-order valence-electron chi connectivity index (χ3n) is 2.14. The number of amides is 1. The summed E-state index contributed by atoms with van der Waals surface area (Å²) in [5.74, 6) is -0.461. The number of carbonyl (C=O) groups is 1. The second kappa shape index (κ2) is 8.44. The lowest BCUT2D eigenvalue weighted by molar-refractivity contribution is -0.130. The van der Waals surface area contributed by atoms with Gasteiger partial charge in [-0.3, -0.25) is 4.79 Å². The molecule has 0 aliphatic carbocycles. The van der Waals surface area contributed by atoms with E-state index in [-0.39, 0.29) is 5.60 Å². The van der Waals surface area contributed by atoms with E-state index in [0.29, 0.717) is 19.8 Å². The van der Waals surface area contributed by atoms with Crippen LogP contribution in [0.5, 0.6) is 0 Å². The molecule has 0 aromatic heterocycles. The summed E-state index contributed by atoms with van der Waals surface area (Å²) in [4.78, 5) is 10.7. The van der Waals surface area contributed by atoms with Crippen LogP contribution in [0.4, 0.5) is 0 Å². The van der Waals surface area contributed by atoms with Gasteiger partial charge in [0.15, 0.2) is 0 Å². The fourth-order valence-electron chi connectivity index (χ4n) is 1.10. The van der Waals surface area contributed by atoms with Gasteiger partial charge < -0.3 is 19.9 Å². The van der Waals surface area contributed by atoms with Crippen molar-refractivity contribution in [1.29, 1.82) is 0 Å². The number of carbonyl (C=O) groups excluding carboxylic acids is 1. The largest absolute Gasteiger partial charge is 0.376 e. The molecule has 0 saturated heterocycles. The minimum absolute atomic E-state index is 0.286. The molecule has 0 bridgehead atoms. The fraction of sp³-hybridized carbons (Fsp3) is 0.917. The van der Waals surface area contributed by atoms with Gasteiger partial charge in [-0.15, -0.1) is 0 Å². The molecule has 0 rings (SSSR count). The lowest BCUT2D eigenvalue weighted by Gasteiger charge is -2.25. The van der Waals surface area contributed by atoms with Gasteiger partial charge >= 0.3 is 0 Å². The van der Waals surface area contributed by atoms with Crippen LogP contribution in [0.15, 0.2) is 0 Å². The third kappa shape index (κ3) is 9.09. The predicted octanol–water partition coefficient (Wildman–Crippen LogP) is 1.10. The Kier molecular flexibility index (Phi) is 8.12. The van der Waals surface area contributed by atoms with E-state index in [1.807, 2.05) is 13.8 Å². The van der Waals surface area contributed by atoms with E-state index in [2.05, 4.69) is 6.92 Å². The van der Waals surface area contributed by atoms with Crippen molar-refractivity contribution in [3.8, 4) is 0 Å². The van der Waals surface area contributed by atoms with Crippen molar-refractivity contribution in [2.45, 2.75) is 45.8 Å². The Morgan fingerprint density at radius 1 is 1.29 bits per heavy atom. The van der Waals surface area contributed by atoms with Crippen molar-refractivity contribution < 1.29 is 19.0 Å². The van der Waals surface area contributed by atoms with Gasteiger partial charge in [0.2, 0.25) is 5.91 Å². The molecule has 1 unspecified atom stereocenters. The Morgan fingerprint density at radius 3 is 2.47 bits per heavy atom. The van der Waals surface area contributed by atoms with Crippen LogP contribution in [-0.4, -0.2) is 44.0 Å². The van der Waals surface area contributed by atoms with E-state index >= 15 is 0 Å². The summed E-state index contributed by atoms with van der Waals surface area (Å²) >= 11 is 0. The van der Waals surface area contributed by atoms with Gasteiger partial charge in [0, 0.05) is 6.61 Å². The van der Waals surface area contributed by atoms with Gasteiger partial charge in [-0.25, -0.2) is 0 Å². The third-order valence-corrected chi connectivity index (χ3v) is 2.14. The smallest absolute Gasteiger partial charge is 0.246 e. The van der Waals surface area contributed by atoms with Crippen LogP contribution >= 0.6 is 0 Å². The summed E-state index contributed by atoms with van der Waals surface area (Å²) in [5, 5.41) is 0. The average molecular weight is 247 g/mol. The number of hydrogen-bond acceptors (Lipinski definition) is 4. The number of primary amides is 1. The summed E-state index contributed by atoms with van der Waals surface area (Å²) in [6.07, 6.45) is 0.422. The molecule has 0 aliphatic rings. The van der Waals surface area contributed by atoms with Crippen LogP contribution < -0.4 is 5.73 Å². The van der Waals surface area contributed by atoms with Gasteiger partial charge in [0.05, 0.1) is 25.4 Å². The van der Waals surface area contributed by atoms with Crippen molar-refractivity contribution in [3.63, 3.8) is 0 Å². The van der Waals surface area contributed by atoms with Gasteiger partial charge in [-0.1, -0.05) is 6.92 Å². The van der Waals surface area contributed by atoms with E-state index in [1.165, 1.54) is 0 Å². The Morgan fingerprint density at radius 2 is 1.94 bits per heavy atom. The first kappa shape index (κ1) is 16.4. The molecule has 5 heteroatoms. The zero-order chi connectivity index (χ0) is 13.3. The summed E-state index contributed by atoms with van der Waals surface area (Å²) < 4.78 is 16.2. The number of rotatable bonds is 10. The summed E-state index contributed by atoms with van der Waals surface area (Å²) in [6.45, 7) is 9.66. The Balaban J connectivity index is 3.53. The monoisotopic (exact) mass is 247 g/mol. The molecule has 5 nitrogen and oxygen atoms in total. The lowest BCUT2D eigenvalue weighted by atomic mass is 10.1. The van der Waals surface area contributed by atoms with E-state index < -0.39 is 12.0 Å². The number of hydrogen-bond donors (Lipinski definition) is 1. The SMILES string of the molecule is CCCOC(C)(C)COCCOC(C)C(N)=O. The van der Waals surface area contributed by atoms with Crippen LogP contribution in [-0.2, 0) is 19.0 Å². The predicted molar refractivity (Wildman–Crippen MR) is 65.7 cm³/mol. The van der Waals surface area contributed by atoms with Gasteiger partial charge in [-0.2, -0.15) is 0 Å². The Bertz CT molecular complexity index is 219. The molecule has 0 radical (unpaired) electrons. The van der Waals surface area contributed by atoms with E-state index in [1.54, 1.807) is 6.92 Å². The molecule has 0 aliphatic heterocycles. The van der Waals surface area contributed by atoms with Crippen LogP contribution in [0.3, 0.4) is 0 Å². The van der Waals surface area contributed by atoms with Crippen LogP contribution in [0, 0.1) is 0 Å². The summed E-state index contributed by atoms with van der Waals surface area (Å²) in [7, 11) is 0. The molecular weight excluding hydrogens is 222 g/mol. The second-order valence-electron chi connectivity index (χ2n) is 4.58. The topological polar surface area (TPSA) is 70.8 Å². The van der Waals surface area contributed by atoms with Crippen LogP contribution in [0.1, 0.15) is 34.1 Å². The molecular formula is C12H25NO4. The van der Waals surface area contributed by atoms with E-state index in [0.717, 1.165) is 13.0 Å². The first-order chi connectivity index (χ1) is 7.89. The molecule has 1 amide bonds. The summed E-state index contributed by atoms with van der Waals surface area (Å²) in [6, 6.07) is 0. The highest BCUT2D eigenvalue weighted by atomic mass is 16.6. The highest BCUT2D eigenvalue weighted by Gasteiger charge is 2.18. The second-order valence-corrected chi connectivity index (χ2v) is 4.58. The van der Waals surface area contributed by atoms with E-state index in [9.17, 15) is 4.79 Å².